The molecule has 1 N–H and O–H groups in total. The van der Waals surface area contributed by atoms with Crippen LogP contribution in [0.1, 0.15) is 45.2 Å². The first-order valence-corrected chi connectivity index (χ1v) is 12.0. The highest BCUT2D eigenvalue weighted by Gasteiger charge is 2.49. The van der Waals surface area contributed by atoms with Gasteiger partial charge < -0.3 is 15.0 Å². The number of alkyl halides is 3. The number of anilines is 1. The molecule has 0 spiro atoms. The normalized spacial score (nSPS) is 15.5. The monoisotopic (exact) mass is 518 g/mol. The fraction of sp³-hybridized carbons (Fsp3) is 0.423. The quantitative estimate of drug-likeness (QED) is 0.253. The van der Waals surface area contributed by atoms with E-state index in [0.717, 1.165) is 34.9 Å². The highest BCUT2D eigenvalue weighted by atomic mass is 32.1. The third kappa shape index (κ3) is 5.97. The van der Waals surface area contributed by atoms with Gasteiger partial charge in [0.2, 0.25) is 0 Å². The zero-order valence-electron chi connectivity index (χ0n) is 20.6. The van der Waals surface area contributed by atoms with Crippen LogP contribution in [0.4, 0.5) is 24.5 Å². The molecule has 1 amide bonds. The van der Waals surface area contributed by atoms with Crippen LogP contribution in [-0.4, -0.2) is 40.7 Å². The second kappa shape index (κ2) is 10.8. The van der Waals surface area contributed by atoms with Gasteiger partial charge in [-0.1, -0.05) is 32.0 Å². The van der Waals surface area contributed by atoms with E-state index in [-0.39, 0.29) is 10.8 Å². The van der Waals surface area contributed by atoms with Crippen LogP contribution in [-0.2, 0) is 17.5 Å². The zero-order valence-corrected chi connectivity index (χ0v) is 21.5. The van der Waals surface area contributed by atoms with Gasteiger partial charge in [-0.3, -0.25) is 9.69 Å². The van der Waals surface area contributed by atoms with Gasteiger partial charge in [0.1, 0.15) is 11.3 Å². The second-order valence-electron chi connectivity index (χ2n) is 9.33. The largest absolute Gasteiger partial charge is 0.494 e. The Balaban J connectivity index is 1.65. The Bertz CT molecular complexity index is 1160. The molecule has 0 unspecified atom stereocenters. The molecule has 2 aromatic rings. The number of nitrogens with one attached hydrogen (secondary N) is 1. The number of benzene rings is 2. The molecule has 0 bridgehead atoms. The molecule has 36 heavy (non-hydrogen) atoms. The average molecular weight is 519 g/mol. The molecule has 0 aliphatic carbocycles. The summed E-state index contributed by atoms with van der Waals surface area (Å²) in [5.74, 6) is 0.298. The van der Waals surface area contributed by atoms with E-state index in [1.807, 2.05) is 24.3 Å². The summed E-state index contributed by atoms with van der Waals surface area (Å²) in [5.41, 5.74) is -1.53. The summed E-state index contributed by atoms with van der Waals surface area (Å²) in [7, 11) is 0. The van der Waals surface area contributed by atoms with Gasteiger partial charge in [-0.15, -0.1) is 0 Å². The van der Waals surface area contributed by atoms with Gasteiger partial charge in [0.15, 0.2) is 10.8 Å². The predicted octanol–water partition coefficient (Wildman–Crippen LogP) is 5.94. The van der Waals surface area contributed by atoms with Crippen molar-refractivity contribution in [2.45, 2.75) is 58.4 Å². The lowest BCUT2D eigenvalue weighted by molar-refractivity contribution is -0.136. The van der Waals surface area contributed by atoms with E-state index in [0.29, 0.717) is 25.6 Å². The Morgan fingerprint density at radius 2 is 1.83 bits per heavy atom. The van der Waals surface area contributed by atoms with Gasteiger partial charge in [-0.05, 0) is 62.3 Å². The summed E-state index contributed by atoms with van der Waals surface area (Å²) in [6, 6.07) is 11.4. The summed E-state index contributed by atoms with van der Waals surface area (Å²) in [4.78, 5) is 18.9. The summed E-state index contributed by atoms with van der Waals surface area (Å²) < 4.78 is 46.2. The molecule has 1 fully saturated rings. The minimum absolute atomic E-state index is 0.0106. The van der Waals surface area contributed by atoms with Crippen LogP contribution < -0.4 is 15.0 Å². The number of carbonyl (C=O) groups is 1. The van der Waals surface area contributed by atoms with Crippen molar-refractivity contribution in [2.75, 3.05) is 18.1 Å². The first-order chi connectivity index (χ1) is 16.9. The zero-order chi connectivity index (χ0) is 26.7. The standard InChI is InChI=1S/C26H29F3N4O2S/c1-17(2)31-16-18-7-10-20(11-8-18)35-14-6-13-32-24(36)33(23(34)25(32,3)4)19-9-12-22(30-5)21(15-19)26(27,28)29/h7-12,15,17,31H,6,13-14,16H2,1-4H3. The molecule has 0 radical (unpaired) electrons. The molecule has 0 saturated carbocycles. The maximum Gasteiger partial charge on any atom is 0.407 e. The van der Waals surface area contributed by atoms with Gasteiger partial charge in [0.05, 0.1) is 18.7 Å². The summed E-state index contributed by atoms with van der Waals surface area (Å²) >= 11 is 5.51. The van der Waals surface area contributed by atoms with Crippen molar-refractivity contribution < 1.29 is 22.7 Å². The molecular weight excluding hydrogens is 489 g/mol. The van der Waals surface area contributed by atoms with Crippen molar-refractivity contribution in [2.24, 2.45) is 0 Å². The van der Waals surface area contributed by atoms with Crippen molar-refractivity contribution in [3.8, 4) is 5.75 Å². The van der Waals surface area contributed by atoms with E-state index in [1.54, 1.807) is 18.7 Å². The van der Waals surface area contributed by atoms with Gasteiger partial charge in [0.25, 0.3) is 5.91 Å². The molecule has 1 aliphatic rings. The minimum Gasteiger partial charge on any atom is -0.494 e. The lowest BCUT2D eigenvalue weighted by Crippen LogP contribution is -2.44. The molecule has 1 heterocycles. The second-order valence-corrected chi connectivity index (χ2v) is 9.69. The molecule has 10 heteroatoms. The maximum absolute atomic E-state index is 13.5. The van der Waals surface area contributed by atoms with Crippen molar-refractivity contribution in [3.05, 3.63) is 65.0 Å². The highest BCUT2D eigenvalue weighted by molar-refractivity contribution is 7.80. The molecule has 1 aliphatic heterocycles. The summed E-state index contributed by atoms with van der Waals surface area (Å²) in [5, 5.41) is 3.47. The number of halogens is 3. The van der Waals surface area contributed by atoms with Crippen LogP contribution in [0.5, 0.6) is 5.75 Å². The number of rotatable bonds is 9. The Morgan fingerprint density at radius 3 is 2.42 bits per heavy atom. The molecule has 0 atom stereocenters. The number of nitrogens with zero attached hydrogens (tertiary/aromatic N) is 3. The van der Waals surface area contributed by atoms with Crippen molar-refractivity contribution >= 4 is 34.6 Å². The molecule has 192 valence electrons. The first kappa shape index (κ1) is 27.4. The fourth-order valence-electron chi connectivity index (χ4n) is 3.86. The van der Waals surface area contributed by atoms with Crippen LogP contribution >= 0.6 is 12.2 Å². The maximum atomic E-state index is 13.5. The minimum atomic E-state index is -4.73. The van der Waals surface area contributed by atoms with Gasteiger partial charge >= 0.3 is 6.18 Å². The van der Waals surface area contributed by atoms with E-state index < -0.39 is 28.9 Å². The number of ether oxygens (including phenoxy) is 1. The summed E-state index contributed by atoms with van der Waals surface area (Å²) in [6.07, 6.45) is -4.18. The van der Waals surface area contributed by atoms with E-state index in [2.05, 4.69) is 24.0 Å². The van der Waals surface area contributed by atoms with Crippen molar-refractivity contribution in [1.29, 1.82) is 0 Å². The van der Waals surface area contributed by atoms with E-state index in [9.17, 15) is 18.0 Å². The highest BCUT2D eigenvalue weighted by Crippen LogP contribution is 2.40. The van der Waals surface area contributed by atoms with Crippen molar-refractivity contribution in [3.63, 3.8) is 0 Å². The summed E-state index contributed by atoms with van der Waals surface area (Å²) in [6.45, 7) is 16.1. The third-order valence-corrected chi connectivity index (χ3v) is 6.32. The average Bonchev–Trinajstić information content (AvgIpc) is 2.98. The Morgan fingerprint density at radius 1 is 1.17 bits per heavy atom. The number of amides is 1. The van der Waals surface area contributed by atoms with Crippen LogP contribution in [0, 0.1) is 6.57 Å². The van der Waals surface area contributed by atoms with E-state index >= 15 is 0 Å². The SMILES string of the molecule is [C-]#[N+]c1ccc(N2C(=O)C(C)(C)N(CCCOc3ccc(CNC(C)C)cc3)C2=S)cc1C(F)(F)F. The van der Waals surface area contributed by atoms with Gasteiger partial charge in [-0.25, -0.2) is 4.85 Å². The number of thiocarbonyl (C=S) groups is 1. The lowest BCUT2D eigenvalue weighted by atomic mass is 10.0. The smallest absolute Gasteiger partial charge is 0.407 e. The van der Waals surface area contributed by atoms with Gasteiger partial charge in [-0.2, -0.15) is 13.2 Å². The van der Waals surface area contributed by atoms with Crippen LogP contribution in [0.25, 0.3) is 4.85 Å². The molecular formula is C26H29F3N4O2S. The Labute approximate surface area is 214 Å². The van der Waals surface area contributed by atoms with Crippen LogP contribution in [0.2, 0.25) is 0 Å². The number of hydrogen-bond acceptors (Lipinski definition) is 4. The Kier molecular flexibility index (Phi) is 8.26. The number of hydrogen-bond donors (Lipinski definition) is 1. The number of carbonyl (C=O) groups excluding carboxylic acids is 1. The first-order valence-electron chi connectivity index (χ1n) is 11.6. The molecule has 6 nitrogen and oxygen atoms in total. The van der Waals surface area contributed by atoms with Crippen molar-refractivity contribution in [1.82, 2.24) is 10.2 Å². The van der Waals surface area contributed by atoms with E-state index in [4.69, 9.17) is 23.5 Å². The topological polar surface area (TPSA) is 49.2 Å². The van der Waals surface area contributed by atoms with Crippen LogP contribution in [0.15, 0.2) is 42.5 Å². The predicted molar refractivity (Wildman–Crippen MR) is 137 cm³/mol. The third-order valence-electron chi connectivity index (χ3n) is 5.92. The lowest BCUT2D eigenvalue weighted by Gasteiger charge is -2.29. The molecule has 2 aromatic carbocycles. The Hall–Kier alpha value is -3.16. The fourth-order valence-corrected chi connectivity index (χ4v) is 4.37. The van der Waals surface area contributed by atoms with E-state index in [1.165, 1.54) is 6.07 Å². The molecule has 3 rings (SSSR count). The molecule has 1 saturated heterocycles. The van der Waals surface area contributed by atoms with Crippen LogP contribution in [0.3, 0.4) is 0 Å². The van der Waals surface area contributed by atoms with Gasteiger partial charge in [0, 0.05) is 24.8 Å². The molecule has 0 aromatic heterocycles.